The molecule has 1 aromatic carbocycles. The lowest BCUT2D eigenvalue weighted by atomic mass is 9.90. The molecular formula is C25H34ClN2O. The second-order valence-electron chi connectivity index (χ2n) is 8.20. The van der Waals surface area contributed by atoms with Crippen molar-refractivity contribution in [3.63, 3.8) is 0 Å². The standard InChI is InChI=1S/C25H34ClN2O/c1-2-3-4-5-6-8-13-21-17-27-25(28-18-21)22-14-15-24(23(26)16-22)29-19-20-11-9-7-10-12-20/h7,14-18,20H,2-6,8-13,19H2,1H3. The maximum atomic E-state index is 6.46. The summed E-state index contributed by atoms with van der Waals surface area (Å²) >= 11 is 6.46. The number of nitrogens with zero attached hydrogens (tertiary/aromatic N) is 2. The van der Waals surface area contributed by atoms with Crippen LogP contribution in [0.4, 0.5) is 0 Å². The first kappa shape index (κ1) is 22.1. The smallest absolute Gasteiger partial charge is 0.159 e. The highest BCUT2D eigenvalue weighted by Gasteiger charge is 2.15. The zero-order valence-electron chi connectivity index (χ0n) is 17.7. The van der Waals surface area contributed by atoms with Crippen LogP contribution >= 0.6 is 11.6 Å². The van der Waals surface area contributed by atoms with Gasteiger partial charge in [0.1, 0.15) is 5.75 Å². The molecule has 0 aliphatic heterocycles. The van der Waals surface area contributed by atoms with Gasteiger partial charge in [0, 0.05) is 18.0 Å². The van der Waals surface area contributed by atoms with Crippen molar-refractivity contribution >= 4 is 11.6 Å². The zero-order chi connectivity index (χ0) is 20.3. The van der Waals surface area contributed by atoms with Crippen LogP contribution in [0.5, 0.6) is 5.75 Å². The van der Waals surface area contributed by atoms with Crippen LogP contribution in [0.15, 0.2) is 30.6 Å². The second kappa shape index (κ2) is 12.2. The molecule has 1 fully saturated rings. The van der Waals surface area contributed by atoms with Crippen molar-refractivity contribution in [2.45, 2.75) is 77.6 Å². The molecule has 157 valence electrons. The Balaban J connectivity index is 1.49. The van der Waals surface area contributed by atoms with Crippen LogP contribution in [0.2, 0.25) is 5.02 Å². The van der Waals surface area contributed by atoms with E-state index in [0.29, 0.717) is 16.8 Å². The number of rotatable bonds is 11. The van der Waals surface area contributed by atoms with Gasteiger partial charge in [-0.3, -0.25) is 0 Å². The molecule has 3 nitrogen and oxygen atoms in total. The Kier molecular flexibility index (Phi) is 9.27. The minimum atomic E-state index is 0.629. The molecule has 3 rings (SSSR count). The van der Waals surface area contributed by atoms with E-state index in [9.17, 15) is 0 Å². The summed E-state index contributed by atoms with van der Waals surface area (Å²) < 4.78 is 5.98. The number of halogens is 1. The molecule has 4 heteroatoms. The van der Waals surface area contributed by atoms with Crippen LogP contribution in [0, 0.1) is 12.3 Å². The van der Waals surface area contributed by atoms with Crippen LogP contribution in [0.3, 0.4) is 0 Å². The Labute approximate surface area is 181 Å². The van der Waals surface area contributed by atoms with Crippen LogP contribution < -0.4 is 4.74 Å². The van der Waals surface area contributed by atoms with Crippen molar-refractivity contribution in [3.05, 3.63) is 47.6 Å². The number of aromatic nitrogens is 2. The van der Waals surface area contributed by atoms with E-state index in [1.54, 1.807) is 0 Å². The van der Waals surface area contributed by atoms with Gasteiger partial charge in [-0.25, -0.2) is 9.97 Å². The summed E-state index contributed by atoms with van der Waals surface area (Å²) in [4.78, 5) is 9.11. The van der Waals surface area contributed by atoms with Crippen molar-refractivity contribution in [3.8, 4) is 17.1 Å². The lowest BCUT2D eigenvalue weighted by molar-refractivity contribution is 0.221. The first-order chi connectivity index (χ1) is 14.3. The average Bonchev–Trinajstić information content (AvgIpc) is 2.76. The predicted molar refractivity (Wildman–Crippen MR) is 121 cm³/mol. The van der Waals surface area contributed by atoms with E-state index >= 15 is 0 Å². The van der Waals surface area contributed by atoms with Crippen molar-refractivity contribution in [1.29, 1.82) is 0 Å². The zero-order valence-corrected chi connectivity index (χ0v) is 18.5. The molecule has 0 saturated heterocycles. The topological polar surface area (TPSA) is 35.0 Å². The van der Waals surface area contributed by atoms with E-state index in [2.05, 4.69) is 23.3 Å². The lowest BCUT2D eigenvalue weighted by Gasteiger charge is -2.21. The van der Waals surface area contributed by atoms with E-state index in [-0.39, 0.29) is 0 Å². The van der Waals surface area contributed by atoms with Crippen LogP contribution in [-0.2, 0) is 6.42 Å². The molecule has 2 aromatic rings. The predicted octanol–water partition coefficient (Wildman–Crippen LogP) is 7.47. The van der Waals surface area contributed by atoms with E-state index in [1.807, 2.05) is 30.6 Å². The van der Waals surface area contributed by atoms with Gasteiger partial charge in [0.2, 0.25) is 0 Å². The molecule has 0 unspecified atom stereocenters. The molecule has 29 heavy (non-hydrogen) atoms. The van der Waals surface area contributed by atoms with Gasteiger partial charge >= 0.3 is 0 Å². The fourth-order valence-corrected chi connectivity index (χ4v) is 4.10. The van der Waals surface area contributed by atoms with Crippen molar-refractivity contribution in [2.24, 2.45) is 5.92 Å². The first-order valence-electron chi connectivity index (χ1n) is 11.3. The van der Waals surface area contributed by atoms with Gasteiger partial charge in [-0.05, 0) is 74.6 Å². The summed E-state index contributed by atoms with van der Waals surface area (Å²) in [7, 11) is 0. The molecular weight excluding hydrogens is 380 g/mol. The Hall–Kier alpha value is -1.61. The molecule has 0 amide bonds. The van der Waals surface area contributed by atoms with Gasteiger partial charge in [-0.2, -0.15) is 0 Å². The maximum Gasteiger partial charge on any atom is 0.159 e. The lowest BCUT2D eigenvalue weighted by Crippen LogP contribution is -2.15. The molecule has 0 N–H and O–H groups in total. The number of ether oxygens (including phenoxy) is 1. The third-order valence-electron chi connectivity index (χ3n) is 5.75. The number of hydrogen-bond acceptors (Lipinski definition) is 3. The molecule has 1 aromatic heterocycles. The van der Waals surface area contributed by atoms with E-state index in [0.717, 1.165) is 24.3 Å². The summed E-state index contributed by atoms with van der Waals surface area (Å²) in [5.41, 5.74) is 2.14. The largest absolute Gasteiger partial charge is 0.492 e. The molecule has 1 aliphatic rings. The third-order valence-corrected chi connectivity index (χ3v) is 6.04. The molecule has 0 spiro atoms. The molecule has 1 heterocycles. The van der Waals surface area contributed by atoms with Gasteiger partial charge in [0.25, 0.3) is 0 Å². The fraction of sp³-hybridized carbons (Fsp3) is 0.560. The minimum Gasteiger partial charge on any atom is -0.492 e. The highest BCUT2D eigenvalue weighted by Crippen LogP contribution is 2.31. The fourth-order valence-electron chi connectivity index (χ4n) is 3.87. The van der Waals surface area contributed by atoms with Gasteiger partial charge in [0.05, 0.1) is 11.6 Å². The Morgan fingerprint density at radius 1 is 1.00 bits per heavy atom. The number of hydrogen-bond donors (Lipinski definition) is 0. The highest BCUT2D eigenvalue weighted by atomic mass is 35.5. The summed E-state index contributed by atoms with van der Waals surface area (Å²) in [6, 6.07) is 5.85. The van der Waals surface area contributed by atoms with Gasteiger partial charge < -0.3 is 4.74 Å². The van der Waals surface area contributed by atoms with Crippen LogP contribution in [-0.4, -0.2) is 16.6 Å². The summed E-state index contributed by atoms with van der Waals surface area (Å²) in [6.45, 7) is 3.00. The second-order valence-corrected chi connectivity index (χ2v) is 8.61. The Morgan fingerprint density at radius 3 is 2.45 bits per heavy atom. The average molecular weight is 414 g/mol. The van der Waals surface area contributed by atoms with Gasteiger partial charge in [-0.15, -0.1) is 0 Å². The number of unbranched alkanes of at least 4 members (excludes halogenated alkanes) is 5. The highest BCUT2D eigenvalue weighted by molar-refractivity contribution is 6.32. The summed E-state index contributed by atoms with van der Waals surface area (Å²) in [5, 5.41) is 0.629. The molecule has 1 aliphatic carbocycles. The van der Waals surface area contributed by atoms with Crippen molar-refractivity contribution in [2.75, 3.05) is 6.61 Å². The van der Waals surface area contributed by atoms with Gasteiger partial charge in [-0.1, -0.05) is 50.6 Å². The molecule has 0 atom stereocenters. The third kappa shape index (κ3) is 7.29. The van der Waals surface area contributed by atoms with Crippen LogP contribution in [0.1, 0.15) is 76.7 Å². The van der Waals surface area contributed by atoms with Crippen LogP contribution in [0.25, 0.3) is 11.4 Å². The van der Waals surface area contributed by atoms with Gasteiger partial charge in [0.15, 0.2) is 5.82 Å². The van der Waals surface area contributed by atoms with Crippen molar-refractivity contribution in [1.82, 2.24) is 9.97 Å². The summed E-state index contributed by atoms with van der Waals surface area (Å²) in [6.07, 6.45) is 20.0. The Morgan fingerprint density at radius 2 is 1.72 bits per heavy atom. The van der Waals surface area contributed by atoms with E-state index < -0.39 is 0 Å². The van der Waals surface area contributed by atoms with E-state index in [4.69, 9.17) is 16.3 Å². The SMILES string of the molecule is CCCCCCCCc1cnc(-c2ccc(OCC3CC[CH]CC3)c(Cl)c2)nc1. The minimum absolute atomic E-state index is 0.629. The Bertz CT molecular complexity index is 726. The maximum absolute atomic E-state index is 6.46. The normalized spacial score (nSPS) is 14.8. The van der Waals surface area contributed by atoms with E-state index in [1.165, 1.54) is 69.8 Å². The molecule has 1 radical (unpaired) electrons. The first-order valence-corrected chi connectivity index (χ1v) is 11.7. The monoisotopic (exact) mass is 413 g/mol. The quantitative estimate of drug-likeness (QED) is 0.358. The summed E-state index contributed by atoms with van der Waals surface area (Å²) in [5.74, 6) is 2.11. The number of benzene rings is 1. The molecule has 1 saturated carbocycles. The van der Waals surface area contributed by atoms with Crippen molar-refractivity contribution < 1.29 is 4.74 Å². The molecule has 0 bridgehead atoms. The number of aryl methyl sites for hydroxylation is 1.